The maximum atomic E-state index is 13.0. The molecule has 1 amide bonds. The number of morpholine rings is 1. The van der Waals surface area contributed by atoms with Crippen molar-refractivity contribution in [3.63, 3.8) is 0 Å². The van der Waals surface area contributed by atoms with Crippen molar-refractivity contribution in [3.8, 4) is 11.4 Å². The van der Waals surface area contributed by atoms with Gasteiger partial charge in [0.1, 0.15) is 5.75 Å². The quantitative estimate of drug-likeness (QED) is 0.626. The molecule has 1 saturated heterocycles. The van der Waals surface area contributed by atoms with Gasteiger partial charge in [0.25, 0.3) is 0 Å². The van der Waals surface area contributed by atoms with Crippen molar-refractivity contribution in [3.05, 3.63) is 59.7 Å². The Morgan fingerprint density at radius 3 is 2.93 bits per heavy atom. The molecule has 1 aliphatic heterocycles. The Morgan fingerprint density at radius 1 is 1.30 bits per heavy atom. The molecule has 4 rings (SSSR count). The lowest BCUT2D eigenvalue weighted by molar-refractivity contribution is -0.140. The number of methoxy groups -OCH3 is 1. The van der Waals surface area contributed by atoms with Crippen LogP contribution in [0.1, 0.15) is 29.4 Å². The first-order valence-electron chi connectivity index (χ1n) is 10.1. The fraction of sp³-hybridized carbons (Fsp3) is 0.409. The number of benzene rings is 1. The average Bonchev–Trinajstić information content (AvgIpc) is 3.39. The molecule has 1 aliphatic rings. The Labute approximate surface area is 176 Å². The Kier molecular flexibility index (Phi) is 5.85. The van der Waals surface area contributed by atoms with Crippen LogP contribution in [0, 0.1) is 13.8 Å². The summed E-state index contributed by atoms with van der Waals surface area (Å²) < 4.78 is 14.8. The van der Waals surface area contributed by atoms with Crippen LogP contribution in [0.15, 0.2) is 42.7 Å². The van der Waals surface area contributed by atoms with E-state index in [1.54, 1.807) is 18.0 Å². The minimum Gasteiger partial charge on any atom is -0.497 e. The highest BCUT2D eigenvalue weighted by atomic mass is 16.5. The van der Waals surface area contributed by atoms with E-state index in [0.29, 0.717) is 32.7 Å². The summed E-state index contributed by atoms with van der Waals surface area (Å²) in [4.78, 5) is 15.0. The van der Waals surface area contributed by atoms with Gasteiger partial charge in [0.2, 0.25) is 5.91 Å². The Morgan fingerprint density at radius 2 is 2.17 bits per heavy atom. The number of amides is 1. The van der Waals surface area contributed by atoms with Gasteiger partial charge in [0.15, 0.2) is 0 Å². The number of rotatable bonds is 6. The Balaban J connectivity index is 1.60. The molecule has 8 nitrogen and oxygen atoms in total. The van der Waals surface area contributed by atoms with Crippen molar-refractivity contribution in [2.24, 2.45) is 0 Å². The molecule has 0 radical (unpaired) electrons. The standard InChI is InChI=1S/C22H27N5O3/c1-16-22(17(2)27(24-16)18-6-4-7-19(14-18)29-3)20-15-30-13-12-26(20)21(28)8-11-25-10-5-9-23-25/h4-7,9-10,14,20H,8,11-13,15H2,1-3H3/t20-/m0/s1. The second kappa shape index (κ2) is 8.71. The van der Waals surface area contributed by atoms with Crippen LogP contribution < -0.4 is 4.74 Å². The zero-order chi connectivity index (χ0) is 21.1. The fourth-order valence-electron chi connectivity index (χ4n) is 4.06. The van der Waals surface area contributed by atoms with Crippen LogP contribution >= 0.6 is 0 Å². The van der Waals surface area contributed by atoms with Crippen molar-refractivity contribution in [2.45, 2.75) is 32.9 Å². The monoisotopic (exact) mass is 409 g/mol. The lowest BCUT2D eigenvalue weighted by atomic mass is 10.0. The lowest BCUT2D eigenvalue weighted by Gasteiger charge is -2.36. The van der Waals surface area contributed by atoms with Gasteiger partial charge in [0.05, 0.1) is 37.7 Å². The normalized spacial score (nSPS) is 16.6. The summed E-state index contributed by atoms with van der Waals surface area (Å²) in [6.07, 6.45) is 4.00. The van der Waals surface area contributed by atoms with Crippen molar-refractivity contribution in [2.75, 3.05) is 26.9 Å². The minimum atomic E-state index is -0.150. The molecule has 2 aromatic heterocycles. The molecule has 30 heavy (non-hydrogen) atoms. The highest BCUT2D eigenvalue weighted by Gasteiger charge is 2.32. The maximum Gasteiger partial charge on any atom is 0.225 e. The zero-order valence-corrected chi connectivity index (χ0v) is 17.6. The molecule has 1 fully saturated rings. The van der Waals surface area contributed by atoms with Gasteiger partial charge in [0, 0.05) is 49.2 Å². The summed E-state index contributed by atoms with van der Waals surface area (Å²) in [6, 6.07) is 9.51. The van der Waals surface area contributed by atoms with Crippen LogP contribution in [0.2, 0.25) is 0 Å². The van der Waals surface area contributed by atoms with Crippen LogP contribution in [-0.4, -0.2) is 57.2 Å². The number of nitrogens with zero attached hydrogens (tertiary/aromatic N) is 5. The van der Waals surface area contributed by atoms with Crippen molar-refractivity contribution in [1.29, 1.82) is 0 Å². The fourth-order valence-corrected chi connectivity index (χ4v) is 4.06. The molecule has 1 atom stereocenters. The molecule has 0 saturated carbocycles. The molecule has 0 N–H and O–H groups in total. The summed E-state index contributed by atoms with van der Waals surface area (Å²) in [5, 5.41) is 8.95. The van der Waals surface area contributed by atoms with E-state index in [-0.39, 0.29) is 11.9 Å². The average molecular weight is 409 g/mol. The molecular weight excluding hydrogens is 382 g/mol. The van der Waals surface area contributed by atoms with Crippen molar-refractivity contribution in [1.82, 2.24) is 24.5 Å². The molecule has 3 heterocycles. The first-order chi connectivity index (χ1) is 14.6. The summed E-state index contributed by atoms with van der Waals surface area (Å²) >= 11 is 0. The van der Waals surface area contributed by atoms with E-state index in [1.165, 1.54) is 0 Å². The topological polar surface area (TPSA) is 74.4 Å². The van der Waals surface area contributed by atoms with Gasteiger partial charge in [-0.3, -0.25) is 9.48 Å². The number of carbonyl (C=O) groups excluding carboxylic acids is 1. The molecule has 1 aromatic carbocycles. The van der Waals surface area contributed by atoms with Gasteiger partial charge in [-0.15, -0.1) is 0 Å². The smallest absolute Gasteiger partial charge is 0.225 e. The summed E-state index contributed by atoms with van der Waals surface area (Å²) in [5.41, 5.74) is 3.87. The van der Waals surface area contributed by atoms with E-state index in [9.17, 15) is 4.79 Å². The first-order valence-corrected chi connectivity index (χ1v) is 10.1. The van der Waals surface area contributed by atoms with E-state index in [4.69, 9.17) is 14.6 Å². The van der Waals surface area contributed by atoms with Crippen LogP contribution in [0.25, 0.3) is 5.69 Å². The number of aromatic nitrogens is 4. The van der Waals surface area contributed by atoms with Gasteiger partial charge in [-0.2, -0.15) is 10.2 Å². The highest BCUT2D eigenvalue weighted by Crippen LogP contribution is 2.31. The van der Waals surface area contributed by atoms with Gasteiger partial charge >= 0.3 is 0 Å². The van der Waals surface area contributed by atoms with E-state index in [2.05, 4.69) is 5.10 Å². The Bertz CT molecular complexity index is 1010. The minimum absolute atomic E-state index is 0.103. The number of aryl methyl sites for hydroxylation is 2. The third-order valence-electron chi connectivity index (χ3n) is 5.54. The lowest BCUT2D eigenvalue weighted by Crippen LogP contribution is -2.44. The van der Waals surface area contributed by atoms with Gasteiger partial charge in [-0.25, -0.2) is 4.68 Å². The van der Waals surface area contributed by atoms with Crippen LogP contribution in [0.3, 0.4) is 0 Å². The maximum absolute atomic E-state index is 13.0. The van der Waals surface area contributed by atoms with Crippen molar-refractivity contribution >= 4 is 5.91 Å². The second-order valence-electron chi connectivity index (χ2n) is 7.39. The van der Waals surface area contributed by atoms with Crippen LogP contribution in [0.4, 0.5) is 0 Å². The van der Waals surface area contributed by atoms with Gasteiger partial charge < -0.3 is 14.4 Å². The molecule has 3 aromatic rings. The molecule has 0 unspecified atom stereocenters. The van der Waals surface area contributed by atoms with Gasteiger partial charge in [-0.05, 0) is 32.0 Å². The number of ether oxygens (including phenoxy) is 2. The molecule has 158 valence electrons. The van der Waals surface area contributed by atoms with Crippen LogP contribution in [0.5, 0.6) is 5.75 Å². The Hall–Kier alpha value is -3.13. The largest absolute Gasteiger partial charge is 0.497 e. The first kappa shape index (κ1) is 20.2. The third kappa shape index (κ3) is 3.95. The van der Waals surface area contributed by atoms with Crippen molar-refractivity contribution < 1.29 is 14.3 Å². The highest BCUT2D eigenvalue weighted by molar-refractivity contribution is 5.77. The van der Waals surface area contributed by atoms with E-state index >= 15 is 0 Å². The molecule has 0 bridgehead atoms. The molecule has 0 spiro atoms. The predicted octanol–water partition coefficient (Wildman–Crippen LogP) is 2.68. The van der Waals surface area contributed by atoms with E-state index < -0.39 is 0 Å². The SMILES string of the molecule is COc1cccc(-n2nc(C)c([C@@H]3COCCN3C(=O)CCn3cccn3)c2C)c1. The van der Waals surface area contributed by atoms with E-state index in [1.807, 2.05) is 60.0 Å². The van der Waals surface area contributed by atoms with Gasteiger partial charge in [-0.1, -0.05) is 6.07 Å². The molecular formula is C22H27N5O3. The number of hydrogen-bond donors (Lipinski definition) is 0. The summed E-state index contributed by atoms with van der Waals surface area (Å²) in [7, 11) is 1.65. The van der Waals surface area contributed by atoms with E-state index in [0.717, 1.165) is 28.4 Å². The summed E-state index contributed by atoms with van der Waals surface area (Å²) in [6.45, 7) is 6.18. The van der Waals surface area contributed by atoms with Crippen LogP contribution in [-0.2, 0) is 16.1 Å². The predicted molar refractivity (Wildman–Crippen MR) is 112 cm³/mol. The second-order valence-corrected chi connectivity index (χ2v) is 7.39. The third-order valence-corrected chi connectivity index (χ3v) is 5.54. The number of carbonyl (C=O) groups is 1. The molecule has 0 aliphatic carbocycles. The summed E-state index contributed by atoms with van der Waals surface area (Å²) in [5.74, 6) is 0.879. The number of hydrogen-bond acceptors (Lipinski definition) is 5. The zero-order valence-electron chi connectivity index (χ0n) is 17.6. The molecule has 8 heteroatoms.